The van der Waals surface area contributed by atoms with Gasteiger partial charge in [-0.15, -0.1) is 0 Å². The lowest BCUT2D eigenvalue weighted by molar-refractivity contribution is -0.121. The average molecular weight is 260 g/mol. The molecule has 0 saturated carbocycles. The smallest absolute Gasteiger partial charge is 0.335 e. The van der Waals surface area contributed by atoms with E-state index >= 15 is 0 Å². The first-order valence-corrected chi connectivity index (χ1v) is 6.55. The molecule has 5 nitrogen and oxygen atoms in total. The minimum atomic E-state index is -0.924. The molecule has 1 saturated heterocycles. The molecule has 1 fully saturated rings. The number of anilines is 1. The van der Waals surface area contributed by atoms with Crippen LogP contribution in [0.1, 0.15) is 22.3 Å². The van der Waals surface area contributed by atoms with Crippen LogP contribution >= 0.6 is 0 Å². The average Bonchev–Trinajstić information content (AvgIpc) is 3.06. The molecule has 0 spiro atoms. The van der Waals surface area contributed by atoms with Crippen molar-refractivity contribution in [3.63, 3.8) is 0 Å². The summed E-state index contributed by atoms with van der Waals surface area (Å²) >= 11 is 0. The second kappa shape index (κ2) is 4.66. The molecule has 1 amide bonds. The lowest BCUT2D eigenvalue weighted by Gasteiger charge is -2.20. The van der Waals surface area contributed by atoms with Gasteiger partial charge < -0.3 is 15.3 Å². The Labute approximate surface area is 111 Å². The highest BCUT2D eigenvalue weighted by Gasteiger charge is 2.31. The summed E-state index contributed by atoms with van der Waals surface area (Å²) in [5, 5.41) is 12.2. The van der Waals surface area contributed by atoms with Crippen molar-refractivity contribution in [3.8, 4) is 0 Å². The van der Waals surface area contributed by atoms with E-state index in [1.807, 2.05) is 0 Å². The Morgan fingerprint density at radius 2 is 2.21 bits per heavy atom. The highest BCUT2D eigenvalue weighted by molar-refractivity contribution is 5.98. The van der Waals surface area contributed by atoms with Crippen LogP contribution in [-0.4, -0.2) is 36.6 Å². The third-order valence-corrected chi connectivity index (χ3v) is 3.90. The Bertz CT molecular complexity index is 535. The number of amides is 1. The predicted molar refractivity (Wildman–Crippen MR) is 70.4 cm³/mol. The maximum absolute atomic E-state index is 12.4. The summed E-state index contributed by atoms with van der Waals surface area (Å²) < 4.78 is 0. The maximum atomic E-state index is 12.4. The number of carboxylic acids is 1. The number of rotatable bonds is 2. The molecule has 5 heteroatoms. The molecule has 3 rings (SSSR count). The van der Waals surface area contributed by atoms with E-state index in [0.29, 0.717) is 6.54 Å². The second-order valence-corrected chi connectivity index (χ2v) is 5.08. The summed E-state index contributed by atoms with van der Waals surface area (Å²) in [5.74, 6) is -0.704. The fraction of sp³-hybridized carbons (Fsp3) is 0.429. The van der Waals surface area contributed by atoms with Crippen LogP contribution < -0.4 is 10.2 Å². The molecule has 2 N–H and O–H groups in total. The molecule has 2 aliphatic rings. The molecule has 0 aromatic heterocycles. The van der Waals surface area contributed by atoms with E-state index in [-0.39, 0.29) is 17.4 Å². The Morgan fingerprint density at radius 3 is 2.89 bits per heavy atom. The minimum Gasteiger partial charge on any atom is -0.478 e. The first kappa shape index (κ1) is 12.2. The Hall–Kier alpha value is -1.88. The molecule has 1 aromatic rings. The third-order valence-electron chi connectivity index (χ3n) is 3.90. The van der Waals surface area contributed by atoms with Crippen molar-refractivity contribution in [1.82, 2.24) is 5.32 Å². The van der Waals surface area contributed by atoms with Crippen LogP contribution in [0.15, 0.2) is 18.2 Å². The standard InChI is InChI=1S/C14H16N2O3/c17-13(11-3-5-15-8-11)16-6-4-9-7-10(14(18)19)1-2-12(9)16/h1-2,7,11,15H,3-6,8H2,(H,18,19). The van der Waals surface area contributed by atoms with Crippen molar-refractivity contribution in [2.45, 2.75) is 12.8 Å². The summed E-state index contributed by atoms with van der Waals surface area (Å²) in [4.78, 5) is 25.1. The highest BCUT2D eigenvalue weighted by Crippen LogP contribution is 2.30. The zero-order chi connectivity index (χ0) is 13.4. The number of aromatic carboxylic acids is 1. The Balaban J connectivity index is 1.85. The first-order valence-electron chi connectivity index (χ1n) is 6.55. The number of hydrogen-bond donors (Lipinski definition) is 2. The number of benzene rings is 1. The van der Waals surface area contributed by atoms with Crippen molar-refractivity contribution < 1.29 is 14.7 Å². The van der Waals surface area contributed by atoms with Gasteiger partial charge in [0.2, 0.25) is 5.91 Å². The number of nitrogens with zero attached hydrogens (tertiary/aromatic N) is 1. The number of hydrogen-bond acceptors (Lipinski definition) is 3. The zero-order valence-corrected chi connectivity index (χ0v) is 10.6. The molecule has 100 valence electrons. The summed E-state index contributed by atoms with van der Waals surface area (Å²) in [6, 6.07) is 5.00. The van der Waals surface area contributed by atoms with Gasteiger partial charge in [0.05, 0.1) is 11.5 Å². The van der Waals surface area contributed by atoms with E-state index in [9.17, 15) is 9.59 Å². The fourth-order valence-electron chi connectivity index (χ4n) is 2.85. The van der Waals surface area contributed by atoms with Gasteiger partial charge in [-0.25, -0.2) is 4.79 Å². The minimum absolute atomic E-state index is 0.0603. The number of carbonyl (C=O) groups excluding carboxylic acids is 1. The lowest BCUT2D eigenvalue weighted by atomic mass is 10.1. The number of carboxylic acid groups (broad SMARTS) is 1. The van der Waals surface area contributed by atoms with Crippen LogP contribution in [0.4, 0.5) is 5.69 Å². The van der Waals surface area contributed by atoms with Crippen LogP contribution in [-0.2, 0) is 11.2 Å². The van der Waals surface area contributed by atoms with Crippen LogP contribution in [0, 0.1) is 5.92 Å². The van der Waals surface area contributed by atoms with E-state index < -0.39 is 5.97 Å². The van der Waals surface area contributed by atoms with Gasteiger partial charge in [-0.2, -0.15) is 0 Å². The molecular formula is C14H16N2O3. The lowest BCUT2D eigenvalue weighted by Crippen LogP contribution is -2.35. The van der Waals surface area contributed by atoms with E-state index in [0.717, 1.165) is 37.2 Å². The number of fused-ring (bicyclic) bond motifs is 1. The number of carbonyl (C=O) groups is 2. The van der Waals surface area contributed by atoms with Gasteiger partial charge in [-0.3, -0.25) is 4.79 Å². The molecule has 0 aliphatic carbocycles. The van der Waals surface area contributed by atoms with Gasteiger partial charge in [0, 0.05) is 18.8 Å². The van der Waals surface area contributed by atoms with E-state index in [2.05, 4.69) is 5.32 Å². The van der Waals surface area contributed by atoms with Crippen molar-refractivity contribution in [3.05, 3.63) is 29.3 Å². The predicted octanol–water partition coefficient (Wildman–Crippen LogP) is 0.883. The van der Waals surface area contributed by atoms with Crippen LogP contribution in [0.2, 0.25) is 0 Å². The monoisotopic (exact) mass is 260 g/mol. The van der Waals surface area contributed by atoms with Gasteiger partial charge in [-0.05, 0) is 43.1 Å². The SMILES string of the molecule is O=C(O)c1ccc2c(c1)CCN2C(=O)C1CCNC1. The third kappa shape index (κ3) is 2.10. The molecule has 0 bridgehead atoms. The fourth-order valence-corrected chi connectivity index (χ4v) is 2.85. The zero-order valence-electron chi connectivity index (χ0n) is 10.6. The summed E-state index contributed by atoms with van der Waals surface area (Å²) in [7, 11) is 0. The van der Waals surface area contributed by atoms with Crippen molar-refractivity contribution >= 4 is 17.6 Å². The Morgan fingerprint density at radius 1 is 1.37 bits per heavy atom. The normalized spacial score (nSPS) is 21.5. The van der Waals surface area contributed by atoms with E-state index in [4.69, 9.17) is 5.11 Å². The van der Waals surface area contributed by atoms with Gasteiger partial charge in [0.25, 0.3) is 0 Å². The highest BCUT2D eigenvalue weighted by atomic mass is 16.4. The number of nitrogens with one attached hydrogen (secondary N) is 1. The topological polar surface area (TPSA) is 69.6 Å². The van der Waals surface area contributed by atoms with Crippen molar-refractivity contribution in [2.24, 2.45) is 5.92 Å². The molecule has 1 atom stereocenters. The molecule has 1 unspecified atom stereocenters. The molecule has 2 aliphatic heterocycles. The molecule has 19 heavy (non-hydrogen) atoms. The Kier molecular flexibility index (Phi) is 2.98. The summed E-state index contributed by atoms with van der Waals surface area (Å²) in [6.07, 6.45) is 1.63. The van der Waals surface area contributed by atoms with Crippen molar-refractivity contribution in [1.29, 1.82) is 0 Å². The second-order valence-electron chi connectivity index (χ2n) is 5.08. The van der Waals surface area contributed by atoms with Gasteiger partial charge in [0.1, 0.15) is 0 Å². The largest absolute Gasteiger partial charge is 0.478 e. The molecular weight excluding hydrogens is 244 g/mol. The summed E-state index contributed by atoms with van der Waals surface area (Å²) in [6.45, 7) is 2.31. The van der Waals surface area contributed by atoms with Crippen LogP contribution in [0.3, 0.4) is 0 Å². The van der Waals surface area contributed by atoms with Crippen LogP contribution in [0.25, 0.3) is 0 Å². The van der Waals surface area contributed by atoms with E-state index in [1.165, 1.54) is 0 Å². The van der Waals surface area contributed by atoms with Crippen molar-refractivity contribution in [2.75, 3.05) is 24.5 Å². The summed E-state index contributed by atoms with van der Waals surface area (Å²) in [5.41, 5.74) is 2.12. The van der Waals surface area contributed by atoms with Crippen LogP contribution in [0.5, 0.6) is 0 Å². The van der Waals surface area contributed by atoms with E-state index in [1.54, 1.807) is 23.1 Å². The van der Waals surface area contributed by atoms with Gasteiger partial charge >= 0.3 is 5.97 Å². The van der Waals surface area contributed by atoms with Gasteiger partial charge in [0.15, 0.2) is 0 Å². The quantitative estimate of drug-likeness (QED) is 0.828. The molecule has 2 heterocycles. The maximum Gasteiger partial charge on any atom is 0.335 e. The molecule has 0 radical (unpaired) electrons. The molecule has 1 aromatic carbocycles. The first-order chi connectivity index (χ1) is 9.16. The van der Waals surface area contributed by atoms with Gasteiger partial charge in [-0.1, -0.05) is 0 Å².